The Morgan fingerprint density at radius 2 is 1.21 bits per heavy atom. The molecule has 0 saturated heterocycles. The van der Waals surface area contributed by atoms with Gasteiger partial charge in [0.1, 0.15) is 11.6 Å². The molecule has 0 aliphatic heterocycles. The summed E-state index contributed by atoms with van der Waals surface area (Å²) in [4.78, 5) is 0. The van der Waals surface area contributed by atoms with Gasteiger partial charge in [0.15, 0.2) is 6.61 Å². The molecule has 0 unspecified atom stereocenters. The summed E-state index contributed by atoms with van der Waals surface area (Å²) >= 11 is 0. The van der Waals surface area contributed by atoms with Crippen LogP contribution in [0.1, 0.15) is 54.0 Å². The Morgan fingerprint density at radius 1 is 0.632 bits per heavy atom. The average molecular weight is 523 g/mol. The van der Waals surface area contributed by atoms with Gasteiger partial charge in [-0.15, -0.1) is 0 Å². The van der Waals surface area contributed by atoms with Crippen molar-refractivity contribution in [2.45, 2.75) is 64.5 Å². The Hall–Kier alpha value is -3.34. The van der Waals surface area contributed by atoms with Gasteiger partial charge in [0, 0.05) is 5.39 Å². The average Bonchev–Trinajstić information content (AvgIpc) is 2.91. The van der Waals surface area contributed by atoms with Crippen molar-refractivity contribution in [3.8, 4) is 5.75 Å². The lowest BCUT2D eigenvalue weighted by molar-refractivity contribution is -0.153. The number of hydrogen-bond acceptors (Lipinski definition) is 1. The standard InChI is InChI=1S/C33H34F4O/c1-2-3-4-5-24-6-8-25(9-7-24)10-11-27-15-21-31-29(22-27)18-17-28(32(31)34)16-12-26-13-19-30(20-14-26)38-23-33(35,36)37/h6-9,13-15,17-22H,2-5,10-12,16,23H2,1H3. The van der Waals surface area contributed by atoms with E-state index in [1.54, 1.807) is 12.1 Å². The van der Waals surface area contributed by atoms with Crippen LogP contribution in [-0.4, -0.2) is 12.8 Å². The van der Waals surface area contributed by atoms with Gasteiger partial charge in [0.25, 0.3) is 0 Å². The molecule has 4 aromatic rings. The van der Waals surface area contributed by atoms with E-state index < -0.39 is 12.8 Å². The van der Waals surface area contributed by atoms with Crippen LogP contribution in [0.5, 0.6) is 5.75 Å². The normalized spacial score (nSPS) is 11.7. The number of aryl methyl sites for hydroxylation is 5. The molecular formula is C33H34F4O. The van der Waals surface area contributed by atoms with Gasteiger partial charge in [-0.1, -0.05) is 86.5 Å². The van der Waals surface area contributed by atoms with E-state index in [2.05, 4.69) is 37.3 Å². The van der Waals surface area contributed by atoms with E-state index in [-0.39, 0.29) is 11.6 Å². The molecule has 0 amide bonds. The van der Waals surface area contributed by atoms with Crippen molar-refractivity contribution in [3.63, 3.8) is 0 Å². The first-order valence-electron chi connectivity index (χ1n) is 13.4. The maximum absolute atomic E-state index is 15.3. The Kier molecular flexibility index (Phi) is 9.43. The highest BCUT2D eigenvalue weighted by Gasteiger charge is 2.28. The zero-order chi connectivity index (χ0) is 27.0. The summed E-state index contributed by atoms with van der Waals surface area (Å²) in [5.41, 5.74) is 5.43. The summed E-state index contributed by atoms with van der Waals surface area (Å²) in [6.45, 7) is 0.904. The predicted octanol–water partition coefficient (Wildman–Crippen LogP) is 9.22. The molecule has 0 atom stereocenters. The van der Waals surface area contributed by atoms with E-state index in [4.69, 9.17) is 4.74 Å². The molecule has 0 bridgehead atoms. The Balaban J connectivity index is 1.33. The van der Waals surface area contributed by atoms with E-state index in [1.165, 1.54) is 48.1 Å². The first-order valence-corrected chi connectivity index (χ1v) is 13.4. The monoisotopic (exact) mass is 522 g/mol. The first kappa shape index (κ1) is 27.7. The Bertz CT molecular complexity index is 1310. The zero-order valence-electron chi connectivity index (χ0n) is 21.8. The van der Waals surface area contributed by atoms with Crippen LogP contribution in [-0.2, 0) is 32.1 Å². The second-order valence-corrected chi connectivity index (χ2v) is 9.92. The summed E-state index contributed by atoms with van der Waals surface area (Å²) < 4.78 is 56.9. The lowest BCUT2D eigenvalue weighted by Gasteiger charge is -2.11. The van der Waals surface area contributed by atoms with Gasteiger partial charge in [-0.25, -0.2) is 4.39 Å². The van der Waals surface area contributed by atoms with Gasteiger partial charge >= 0.3 is 6.18 Å². The molecule has 0 N–H and O–H groups in total. The third-order valence-corrected chi connectivity index (χ3v) is 6.90. The number of alkyl halides is 3. The molecule has 0 fully saturated rings. The number of halogens is 4. The molecule has 0 spiro atoms. The molecule has 4 aromatic carbocycles. The van der Waals surface area contributed by atoms with E-state index in [9.17, 15) is 13.2 Å². The van der Waals surface area contributed by atoms with Crippen LogP contribution in [0, 0.1) is 5.82 Å². The lowest BCUT2D eigenvalue weighted by Crippen LogP contribution is -2.19. The van der Waals surface area contributed by atoms with E-state index in [1.807, 2.05) is 24.3 Å². The fraction of sp³-hybridized carbons (Fsp3) is 0.333. The molecule has 5 heteroatoms. The lowest BCUT2D eigenvalue weighted by atomic mass is 9.97. The number of benzene rings is 4. The fourth-order valence-corrected chi connectivity index (χ4v) is 4.67. The first-order chi connectivity index (χ1) is 18.3. The van der Waals surface area contributed by atoms with Crippen molar-refractivity contribution in [2.75, 3.05) is 6.61 Å². The highest BCUT2D eigenvalue weighted by molar-refractivity contribution is 5.84. The summed E-state index contributed by atoms with van der Waals surface area (Å²) in [6, 6.07) is 25.1. The molecule has 0 heterocycles. The summed E-state index contributed by atoms with van der Waals surface area (Å²) in [5, 5.41) is 1.50. The minimum atomic E-state index is -4.37. The Labute approximate surface area is 222 Å². The van der Waals surface area contributed by atoms with Crippen LogP contribution in [0.3, 0.4) is 0 Å². The third kappa shape index (κ3) is 8.08. The smallest absolute Gasteiger partial charge is 0.422 e. The molecule has 0 aliphatic rings. The van der Waals surface area contributed by atoms with Crippen molar-refractivity contribution in [1.82, 2.24) is 0 Å². The van der Waals surface area contributed by atoms with Crippen LogP contribution in [0.15, 0.2) is 78.9 Å². The van der Waals surface area contributed by atoms with Gasteiger partial charge in [0.2, 0.25) is 0 Å². The van der Waals surface area contributed by atoms with Gasteiger partial charge < -0.3 is 4.74 Å². The molecular weight excluding hydrogens is 488 g/mol. The van der Waals surface area contributed by atoms with E-state index in [0.717, 1.165) is 30.2 Å². The third-order valence-electron chi connectivity index (χ3n) is 6.90. The van der Waals surface area contributed by atoms with Gasteiger partial charge in [-0.05, 0) is 83.9 Å². The molecule has 0 saturated carbocycles. The number of rotatable bonds is 12. The summed E-state index contributed by atoms with van der Waals surface area (Å²) in [7, 11) is 0. The topological polar surface area (TPSA) is 9.23 Å². The van der Waals surface area contributed by atoms with Crippen LogP contribution in [0.4, 0.5) is 17.6 Å². The minimum Gasteiger partial charge on any atom is -0.484 e. The van der Waals surface area contributed by atoms with Gasteiger partial charge in [-0.3, -0.25) is 0 Å². The summed E-state index contributed by atoms with van der Waals surface area (Å²) in [5.74, 6) is -0.0453. The van der Waals surface area contributed by atoms with Crippen molar-refractivity contribution in [2.24, 2.45) is 0 Å². The van der Waals surface area contributed by atoms with Crippen LogP contribution < -0.4 is 4.74 Å². The second kappa shape index (κ2) is 12.9. The molecule has 0 radical (unpaired) electrons. The van der Waals surface area contributed by atoms with Crippen molar-refractivity contribution >= 4 is 10.8 Å². The van der Waals surface area contributed by atoms with Crippen molar-refractivity contribution < 1.29 is 22.3 Å². The molecule has 0 aromatic heterocycles. The number of hydrogen-bond donors (Lipinski definition) is 0. The highest BCUT2D eigenvalue weighted by atomic mass is 19.4. The van der Waals surface area contributed by atoms with Crippen LogP contribution >= 0.6 is 0 Å². The molecule has 38 heavy (non-hydrogen) atoms. The Morgan fingerprint density at radius 3 is 1.87 bits per heavy atom. The molecule has 1 nitrogen and oxygen atoms in total. The maximum Gasteiger partial charge on any atom is 0.422 e. The second-order valence-electron chi connectivity index (χ2n) is 9.92. The van der Waals surface area contributed by atoms with Gasteiger partial charge in [-0.2, -0.15) is 13.2 Å². The van der Waals surface area contributed by atoms with Crippen LogP contribution in [0.25, 0.3) is 10.8 Å². The van der Waals surface area contributed by atoms with Crippen molar-refractivity contribution in [1.29, 1.82) is 0 Å². The quantitative estimate of drug-likeness (QED) is 0.133. The number of fused-ring (bicyclic) bond motifs is 1. The van der Waals surface area contributed by atoms with Gasteiger partial charge in [0.05, 0.1) is 0 Å². The SMILES string of the molecule is CCCCCc1ccc(CCc2ccc3c(F)c(CCc4ccc(OCC(F)(F)F)cc4)ccc3c2)cc1. The number of unbranched alkanes of at least 4 members (excludes halogenated alkanes) is 2. The summed E-state index contributed by atoms with van der Waals surface area (Å²) in [6.07, 6.45) is 3.44. The molecule has 200 valence electrons. The highest BCUT2D eigenvalue weighted by Crippen LogP contribution is 2.25. The van der Waals surface area contributed by atoms with E-state index in [0.29, 0.717) is 23.8 Å². The van der Waals surface area contributed by atoms with E-state index >= 15 is 4.39 Å². The largest absolute Gasteiger partial charge is 0.484 e. The maximum atomic E-state index is 15.3. The zero-order valence-corrected chi connectivity index (χ0v) is 21.8. The minimum absolute atomic E-state index is 0.165. The van der Waals surface area contributed by atoms with Crippen LogP contribution in [0.2, 0.25) is 0 Å². The van der Waals surface area contributed by atoms with Crippen molar-refractivity contribution in [3.05, 3.63) is 112 Å². The molecule has 4 rings (SSSR count). The predicted molar refractivity (Wildman–Crippen MR) is 146 cm³/mol. The molecule has 0 aliphatic carbocycles. The fourth-order valence-electron chi connectivity index (χ4n) is 4.67. The number of ether oxygens (including phenoxy) is 1.